The standard InChI is InChI=1S/C10H20N2O4/c1-3-4-5-7(10(14)15)12-9(13)8(6-11)16-2/h7-8H,3-6,11H2,1-2H3,(H,12,13)(H,14,15). The number of nitrogens with one attached hydrogen (secondary N) is 1. The molecule has 94 valence electrons. The Morgan fingerprint density at radius 2 is 2.12 bits per heavy atom. The van der Waals surface area contributed by atoms with Crippen molar-refractivity contribution < 1.29 is 19.4 Å². The molecule has 0 aromatic carbocycles. The summed E-state index contributed by atoms with van der Waals surface area (Å²) in [6.45, 7) is 1.99. The summed E-state index contributed by atoms with van der Waals surface area (Å²) in [5, 5.41) is 11.3. The Balaban J connectivity index is 4.27. The minimum Gasteiger partial charge on any atom is -0.480 e. The van der Waals surface area contributed by atoms with Crippen molar-refractivity contribution in [3.8, 4) is 0 Å². The number of hydrogen-bond donors (Lipinski definition) is 3. The minimum absolute atomic E-state index is 0.0302. The molecule has 0 saturated carbocycles. The summed E-state index contributed by atoms with van der Waals surface area (Å²) in [7, 11) is 1.36. The predicted molar refractivity (Wildman–Crippen MR) is 58.9 cm³/mol. The van der Waals surface area contributed by atoms with Crippen molar-refractivity contribution in [1.82, 2.24) is 5.32 Å². The molecule has 0 rings (SSSR count). The summed E-state index contributed by atoms with van der Waals surface area (Å²) in [6, 6.07) is -0.864. The molecular weight excluding hydrogens is 212 g/mol. The van der Waals surface area contributed by atoms with Gasteiger partial charge in [0, 0.05) is 13.7 Å². The maximum Gasteiger partial charge on any atom is 0.326 e. The molecule has 6 nitrogen and oxygen atoms in total. The predicted octanol–water partition coefficient (Wildman–Crippen LogP) is -0.280. The molecule has 0 aromatic rings. The molecule has 0 aliphatic heterocycles. The number of aliphatic carboxylic acids is 1. The van der Waals surface area contributed by atoms with Gasteiger partial charge >= 0.3 is 5.97 Å². The van der Waals surface area contributed by atoms with E-state index < -0.39 is 24.0 Å². The van der Waals surface area contributed by atoms with Gasteiger partial charge in [0.05, 0.1) is 0 Å². The molecule has 0 aliphatic carbocycles. The number of nitrogens with two attached hydrogens (primary N) is 1. The lowest BCUT2D eigenvalue weighted by Crippen LogP contribution is -2.48. The summed E-state index contributed by atoms with van der Waals surface area (Å²) in [5.74, 6) is -1.51. The number of ether oxygens (including phenoxy) is 1. The van der Waals surface area contributed by atoms with Crippen molar-refractivity contribution in [3.63, 3.8) is 0 Å². The molecule has 0 spiro atoms. The number of carbonyl (C=O) groups excluding carboxylic acids is 1. The van der Waals surface area contributed by atoms with Gasteiger partial charge in [-0.3, -0.25) is 4.79 Å². The number of rotatable bonds is 8. The summed E-state index contributed by atoms with van der Waals surface area (Å²) < 4.78 is 4.82. The second-order valence-electron chi connectivity index (χ2n) is 3.50. The van der Waals surface area contributed by atoms with Crippen LogP contribution in [0.1, 0.15) is 26.2 Å². The maximum atomic E-state index is 11.5. The van der Waals surface area contributed by atoms with Gasteiger partial charge in [-0.15, -0.1) is 0 Å². The molecule has 2 unspecified atom stereocenters. The number of hydrogen-bond acceptors (Lipinski definition) is 4. The molecular formula is C10H20N2O4. The van der Waals surface area contributed by atoms with E-state index in [0.29, 0.717) is 6.42 Å². The van der Waals surface area contributed by atoms with Crippen LogP contribution >= 0.6 is 0 Å². The van der Waals surface area contributed by atoms with Crippen molar-refractivity contribution >= 4 is 11.9 Å². The van der Waals surface area contributed by atoms with Gasteiger partial charge in [-0.1, -0.05) is 19.8 Å². The zero-order chi connectivity index (χ0) is 12.6. The Bertz CT molecular complexity index is 229. The Kier molecular flexibility index (Phi) is 7.49. The van der Waals surface area contributed by atoms with E-state index in [4.69, 9.17) is 15.6 Å². The van der Waals surface area contributed by atoms with E-state index >= 15 is 0 Å². The molecule has 1 amide bonds. The van der Waals surface area contributed by atoms with E-state index in [1.165, 1.54) is 7.11 Å². The van der Waals surface area contributed by atoms with Gasteiger partial charge in [-0.2, -0.15) is 0 Å². The Morgan fingerprint density at radius 3 is 2.50 bits per heavy atom. The van der Waals surface area contributed by atoms with E-state index in [1.54, 1.807) is 0 Å². The first kappa shape index (κ1) is 14.9. The average Bonchev–Trinajstić information content (AvgIpc) is 2.25. The highest BCUT2D eigenvalue weighted by atomic mass is 16.5. The Labute approximate surface area is 95.1 Å². The van der Waals surface area contributed by atoms with Gasteiger partial charge in [-0.05, 0) is 6.42 Å². The third-order valence-corrected chi connectivity index (χ3v) is 2.25. The zero-order valence-electron chi connectivity index (χ0n) is 9.73. The Morgan fingerprint density at radius 1 is 1.50 bits per heavy atom. The molecule has 0 heterocycles. The quantitative estimate of drug-likeness (QED) is 0.534. The zero-order valence-corrected chi connectivity index (χ0v) is 9.73. The van der Waals surface area contributed by atoms with Gasteiger partial charge in [0.25, 0.3) is 5.91 Å². The summed E-state index contributed by atoms with van der Waals surface area (Å²) in [4.78, 5) is 22.4. The third kappa shape index (κ3) is 5.09. The lowest BCUT2D eigenvalue weighted by atomic mass is 10.1. The van der Waals surface area contributed by atoms with Crippen LogP contribution in [-0.4, -0.2) is 42.8 Å². The minimum atomic E-state index is -1.03. The second-order valence-corrected chi connectivity index (χ2v) is 3.50. The average molecular weight is 232 g/mol. The topological polar surface area (TPSA) is 102 Å². The van der Waals surface area contributed by atoms with Crippen molar-refractivity contribution in [2.45, 2.75) is 38.3 Å². The summed E-state index contributed by atoms with van der Waals surface area (Å²) in [5.41, 5.74) is 5.30. The largest absolute Gasteiger partial charge is 0.480 e. The number of methoxy groups -OCH3 is 1. The molecule has 0 fully saturated rings. The van der Waals surface area contributed by atoms with Crippen LogP contribution in [0.15, 0.2) is 0 Å². The van der Waals surface area contributed by atoms with Crippen LogP contribution in [0.4, 0.5) is 0 Å². The first-order valence-corrected chi connectivity index (χ1v) is 5.32. The highest BCUT2D eigenvalue weighted by Gasteiger charge is 2.23. The highest BCUT2D eigenvalue weighted by molar-refractivity contribution is 5.86. The van der Waals surface area contributed by atoms with E-state index in [1.807, 2.05) is 6.92 Å². The molecule has 0 bridgehead atoms. The molecule has 0 saturated heterocycles. The molecule has 0 aromatic heterocycles. The van der Waals surface area contributed by atoms with Crippen LogP contribution in [-0.2, 0) is 14.3 Å². The summed E-state index contributed by atoms with van der Waals surface area (Å²) >= 11 is 0. The fraction of sp³-hybridized carbons (Fsp3) is 0.800. The van der Waals surface area contributed by atoms with Crippen LogP contribution in [0.25, 0.3) is 0 Å². The van der Waals surface area contributed by atoms with Gasteiger partial charge in [0.15, 0.2) is 0 Å². The lowest BCUT2D eigenvalue weighted by molar-refractivity contribution is -0.144. The van der Waals surface area contributed by atoms with Crippen molar-refractivity contribution in [1.29, 1.82) is 0 Å². The highest BCUT2D eigenvalue weighted by Crippen LogP contribution is 2.01. The molecule has 2 atom stereocenters. The monoisotopic (exact) mass is 232 g/mol. The number of unbranched alkanes of at least 4 members (excludes halogenated alkanes) is 1. The lowest BCUT2D eigenvalue weighted by Gasteiger charge is -2.18. The van der Waals surface area contributed by atoms with E-state index in [9.17, 15) is 9.59 Å². The van der Waals surface area contributed by atoms with E-state index in [0.717, 1.165) is 12.8 Å². The van der Waals surface area contributed by atoms with Gasteiger partial charge in [-0.25, -0.2) is 4.79 Å². The van der Waals surface area contributed by atoms with E-state index in [2.05, 4.69) is 5.32 Å². The fourth-order valence-corrected chi connectivity index (χ4v) is 1.24. The first-order chi connectivity index (χ1) is 7.56. The van der Waals surface area contributed by atoms with Crippen LogP contribution < -0.4 is 11.1 Å². The van der Waals surface area contributed by atoms with Crippen LogP contribution in [0, 0.1) is 0 Å². The van der Waals surface area contributed by atoms with Crippen molar-refractivity contribution in [2.75, 3.05) is 13.7 Å². The van der Waals surface area contributed by atoms with E-state index in [-0.39, 0.29) is 6.54 Å². The SMILES string of the molecule is CCCCC(NC(=O)C(CN)OC)C(=O)O. The smallest absolute Gasteiger partial charge is 0.326 e. The number of carbonyl (C=O) groups is 2. The first-order valence-electron chi connectivity index (χ1n) is 5.32. The third-order valence-electron chi connectivity index (χ3n) is 2.25. The molecule has 16 heavy (non-hydrogen) atoms. The Hall–Kier alpha value is -1.14. The van der Waals surface area contributed by atoms with Crippen LogP contribution in [0.5, 0.6) is 0 Å². The molecule has 0 radical (unpaired) electrons. The van der Waals surface area contributed by atoms with Gasteiger partial charge in [0.2, 0.25) is 0 Å². The number of carboxylic acid groups (broad SMARTS) is 1. The molecule has 6 heteroatoms. The van der Waals surface area contributed by atoms with Crippen LogP contribution in [0.3, 0.4) is 0 Å². The van der Waals surface area contributed by atoms with Crippen molar-refractivity contribution in [3.05, 3.63) is 0 Å². The molecule has 0 aliphatic rings. The number of amides is 1. The normalized spacial score (nSPS) is 14.2. The van der Waals surface area contributed by atoms with Gasteiger partial charge in [0.1, 0.15) is 12.1 Å². The molecule has 4 N–H and O–H groups in total. The second kappa shape index (κ2) is 8.06. The van der Waals surface area contributed by atoms with Gasteiger partial charge < -0.3 is 20.9 Å². The fourth-order valence-electron chi connectivity index (χ4n) is 1.24. The summed E-state index contributed by atoms with van der Waals surface area (Å²) in [6.07, 6.45) is 1.25. The van der Waals surface area contributed by atoms with Crippen LogP contribution in [0.2, 0.25) is 0 Å². The number of carboxylic acids is 1. The maximum absolute atomic E-state index is 11.5. The van der Waals surface area contributed by atoms with Crippen molar-refractivity contribution in [2.24, 2.45) is 5.73 Å².